The lowest BCUT2D eigenvalue weighted by atomic mass is 9.91. The maximum atomic E-state index is 12.3. The molecule has 0 aliphatic carbocycles. The first-order valence-electron chi connectivity index (χ1n) is 6.22. The summed E-state index contributed by atoms with van der Waals surface area (Å²) in [5.41, 5.74) is 0.776. The predicted molar refractivity (Wildman–Crippen MR) is 80.2 cm³/mol. The lowest BCUT2D eigenvalue weighted by molar-refractivity contribution is -0.168. The summed E-state index contributed by atoms with van der Waals surface area (Å²) >= 11 is 6.55. The lowest BCUT2D eigenvalue weighted by Crippen LogP contribution is -2.33. The van der Waals surface area contributed by atoms with E-state index < -0.39 is 12.0 Å². The number of hydrogen-bond acceptors (Lipinski definition) is 5. The van der Waals surface area contributed by atoms with E-state index in [2.05, 4.69) is 31.9 Å². The van der Waals surface area contributed by atoms with Crippen LogP contribution in [-0.2, 0) is 14.4 Å². The summed E-state index contributed by atoms with van der Waals surface area (Å²) in [6.45, 7) is 0. The van der Waals surface area contributed by atoms with E-state index in [-0.39, 0.29) is 23.6 Å². The molecule has 3 unspecified atom stereocenters. The van der Waals surface area contributed by atoms with Crippen molar-refractivity contribution < 1.29 is 19.5 Å². The summed E-state index contributed by atoms with van der Waals surface area (Å²) in [6, 6.07) is 3.07. The van der Waals surface area contributed by atoms with Gasteiger partial charge in [0.1, 0.15) is 5.75 Å². The van der Waals surface area contributed by atoms with Crippen LogP contribution >= 0.6 is 31.9 Å². The van der Waals surface area contributed by atoms with Gasteiger partial charge >= 0.3 is 0 Å². The van der Waals surface area contributed by atoms with Crippen LogP contribution in [0.3, 0.4) is 0 Å². The number of likely N-dealkylation sites (tertiary alicyclic amines) is 1. The zero-order valence-corrected chi connectivity index (χ0v) is 14.4. The summed E-state index contributed by atoms with van der Waals surface area (Å²) in [7, 11) is 3.16. The highest BCUT2D eigenvalue weighted by atomic mass is 79.9. The summed E-state index contributed by atoms with van der Waals surface area (Å²) < 4.78 is 1.02. The molecule has 2 amide bonds. The molecule has 1 aromatic rings. The van der Waals surface area contributed by atoms with E-state index in [9.17, 15) is 14.7 Å². The second kappa shape index (κ2) is 5.05. The maximum Gasteiger partial charge on any atom is 0.261 e. The Hall–Kier alpha value is -0.960. The van der Waals surface area contributed by atoms with Gasteiger partial charge in [-0.05, 0) is 49.6 Å². The average Bonchev–Trinajstić information content (AvgIpc) is 2.87. The number of aromatic hydroxyl groups is 1. The fourth-order valence-corrected chi connectivity index (χ4v) is 4.08. The van der Waals surface area contributed by atoms with E-state index in [1.807, 2.05) is 0 Å². The lowest BCUT2D eigenvalue weighted by Gasteiger charge is -2.23. The summed E-state index contributed by atoms with van der Waals surface area (Å²) in [4.78, 5) is 30.9. The largest absolute Gasteiger partial charge is 0.506 e. The van der Waals surface area contributed by atoms with E-state index in [0.717, 1.165) is 10.5 Å². The fraction of sp³-hybridized carbons (Fsp3) is 0.385. The monoisotopic (exact) mass is 418 g/mol. The number of carbonyl (C=O) groups excluding carboxylic acids is 2. The highest BCUT2D eigenvalue weighted by Crippen LogP contribution is 2.45. The third-order valence-corrected chi connectivity index (χ3v) is 5.12. The van der Waals surface area contributed by atoms with E-state index in [4.69, 9.17) is 4.84 Å². The van der Waals surface area contributed by atoms with Crippen molar-refractivity contribution in [1.29, 1.82) is 0 Å². The molecule has 2 aliphatic heterocycles. The van der Waals surface area contributed by atoms with Gasteiger partial charge in [0.2, 0.25) is 5.91 Å². The number of imide groups is 1. The molecule has 0 bridgehead atoms. The second-order valence-electron chi connectivity index (χ2n) is 5.11. The van der Waals surface area contributed by atoms with Crippen molar-refractivity contribution in [2.24, 2.45) is 5.92 Å². The number of phenols is 1. The molecule has 3 atom stereocenters. The third kappa shape index (κ3) is 2.12. The summed E-state index contributed by atoms with van der Waals surface area (Å²) in [5, 5.41) is 11.3. The minimum Gasteiger partial charge on any atom is -0.506 e. The van der Waals surface area contributed by atoms with Gasteiger partial charge in [-0.25, -0.2) is 0 Å². The highest BCUT2D eigenvalue weighted by molar-refractivity contribution is 9.11. The van der Waals surface area contributed by atoms with Gasteiger partial charge in [0.25, 0.3) is 5.91 Å². The van der Waals surface area contributed by atoms with Crippen LogP contribution in [0.2, 0.25) is 0 Å². The van der Waals surface area contributed by atoms with Gasteiger partial charge in [0.15, 0.2) is 6.10 Å². The van der Waals surface area contributed by atoms with Crippen molar-refractivity contribution in [3.8, 4) is 5.75 Å². The molecule has 6 nitrogen and oxygen atoms in total. The van der Waals surface area contributed by atoms with E-state index >= 15 is 0 Å². The minimum atomic E-state index is -0.774. The molecule has 2 heterocycles. The Kier molecular flexibility index (Phi) is 3.59. The average molecular weight is 420 g/mol. The topological polar surface area (TPSA) is 70.1 Å². The van der Waals surface area contributed by atoms with Crippen molar-refractivity contribution in [2.45, 2.75) is 12.1 Å². The standard InChI is InChI=1S/C13H12Br2N2O4/c1-16-12(19)8-9(17(2)21-11(8)13(16)20)5-3-6(14)10(18)7(15)4-5/h3-4,8-9,11,18H,1-2H3. The predicted octanol–water partition coefficient (Wildman–Crippen LogP) is 1.82. The molecule has 0 radical (unpaired) electrons. The number of carbonyl (C=O) groups is 2. The van der Waals surface area contributed by atoms with Gasteiger partial charge in [0, 0.05) is 14.1 Å². The van der Waals surface area contributed by atoms with E-state index in [1.54, 1.807) is 19.2 Å². The maximum absolute atomic E-state index is 12.3. The van der Waals surface area contributed by atoms with Crippen LogP contribution in [0.1, 0.15) is 11.6 Å². The van der Waals surface area contributed by atoms with Crippen molar-refractivity contribution in [2.75, 3.05) is 14.1 Å². The molecule has 21 heavy (non-hydrogen) atoms. The molecule has 0 spiro atoms. The number of amides is 2. The van der Waals surface area contributed by atoms with Gasteiger partial charge in [-0.3, -0.25) is 19.3 Å². The molecule has 2 aliphatic rings. The van der Waals surface area contributed by atoms with Crippen molar-refractivity contribution in [1.82, 2.24) is 9.96 Å². The number of likely N-dealkylation sites (N-methyl/N-ethyl adjacent to an activating group) is 1. The smallest absolute Gasteiger partial charge is 0.261 e. The van der Waals surface area contributed by atoms with Gasteiger partial charge < -0.3 is 5.11 Å². The Labute approximate surface area is 137 Å². The highest BCUT2D eigenvalue weighted by Gasteiger charge is 2.57. The number of benzene rings is 1. The molecular weight excluding hydrogens is 408 g/mol. The third-order valence-electron chi connectivity index (χ3n) is 3.91. The molecule has 2 saturated heterocycles. The van der Waals surface area contributed by atoms with Gasteiger partial charge in [0.05, 0.1) is 20.9 Å². The SMILES string of the molecule is CN1C(=O)C2ON(C)C(c3cc(Br)c(O)c(Br)c3)C2C1=O. The number of nitrogens with zero attached hydrogens (tertiary/aromatic N) is 2. The fourth-order valence-electron chi connectivity index (χ4n) is 2.86. The van der Waals surface area contributed by atoms with E-state index in [1.165, 1.54) is 12.1 Å². The summed E-state index contributed by atoms with van der Waals surface area (Å²) in [5.74, 6) is -1.06. The Morgan fingerprint density at radius 2 is 1.71 bits per heavy atom. The normalized spacial score (nSPS) is 29.3. The number of fused-ring (bicyclic) bond motifs is 1. The van der Waals surface area contributed by atoms with Gasteiger partial charge in [-0.2, -0.15) is 5.06 Å². The minimum absolute atomic E-state index is 0.0859. The molecule has 0 aromatic heterocycles. The molecule has 1 N–H and O–H groups in total. The van der Waals surface area contributed by atoms with Gasteiger partial charge in [-0.1, -0.05) is 0 Å². The van der Waals surface area contributed by atoms with Crippen LogP contribution in [0.5, 0.6) is 5.75 Å². The van der Waals surface area contributed by atoms with Gasteiger partial charge in [-0.15, -0.1) is 0 Å². The Morgan fingerprint density at radius 3 is 2.29 bits per heavy atom. The molecule has 3 rings (SSSR count). The van der Waals surface area contributed by atoms with Crippen molar-refractivity contribution >= 4 is 43.7 Å². The zero-order valence-electron chi connectivity index (χ0n) is 11.2. The molecule has 1 aromatic carbocycles. The number of hydroxylamine groups is 2. The first-order chi connectivity index (χ1) is 9.82. The molecule has 112 valence electrons. The van der Waals surface area contributed by atoms with Crippen molar-refractivity contribution in [3.05, 3.63) is 26.6 Å². The first-order valence-corrected chi connectivity index (χ1v) is 7.80. The van der Waals surface area contributed by atoms with Crippen LogP contribution in [-0.4, -0.2) is 47.1 Å². The molecule has 8 heteroatoms. The Morgan fingerprint density at radius 1 is 1.14 bits per heavy atom. The number of rotatable bonds is 1. The van der Waals surface area contributed by atoms with Crippen LogP contribution in [0.4, 0.5) is 0 Å². The Bertz CT molecular complexity index is 628. The molecule has 2 fully saturated rings. The molecule has 0 saturated carbocycles. The van der Waals surface area contributed by atoms with Crippen molar-refractivity contribution in [3.63, 3.8) is 0 Å². The van der Waals surface area contributed by atoms with Crippen LogP contribution in [0.25, 0.3) is 0 Å². The number of phenolic OH excluding ortho intramolecular Hbond substituents is 1. The quantitative estimate of drug-likeness (QED) is 0.703. The van der Waals surface area contributed by atoms with Crippen LogP contribution in [0, 0.1) is 5.92 Å². The first kappa shape index (κ1) is 15.0. The number of hydrogen-bond donors (Lipinski definition) is 1. The summed E-state index contributed by atoms with van der Waals surface area (Å²) in [6.07, 6.45) is -0.774. The zero-order chi connectivity index (χ0) is 15.5. The number of halogens is 2. The van der Waals surface area contributed by atoms with E-state index in [0.29, 0.717) is 8.95 Å². The second-order valence-corrected chi connectivity index (χ2v) is 6.82. The van der Waals surface area contributed by atoms with Crippen LogP contribution < -0.4 is 0 Å². The Balaban J connectivity index is 2.06. The van der Waals surface area contributed by atoms with Crippen LogP contribution in [0.15, 0.2) is 21.1 Å². The molecular formula is C13H12Br2N2O4.